The second-order valence-electron chi connectivity index (χ2n) is 2.97. The molecule has 0 aliphatic heterocycles. The zero-order valence-corrected chi connectivity index (χ0v) is 10.5. The Morgan fingerprint density at radius 3 is 2.06 bits per heavy atom. The first-order valence-electron chi connectivity index (χ1n) is 4.35. The Bertz CT molecular complexity index is 415. The zero-order chi connectivity index (χ0) is 12.3. The molecular formula is C11H11BrO4. The minimum absolute atomic E-state index is 0.0683. The van der Waals surface area contributed by atoms with E-state index >= 15 is 0 Å². The number of carboxylic acid groups (broad SMARTS) is 1. The van der Waals surface area contributed by atoms with Gasteiger partial charge in [-0.15, -0.1) is 0 Å². The van der Waals surface area contributed by atoms with Crippen LogP contribution in [0.3, 0.4) is 0 Å². The van der Waals surface area contributed by atoms with Crippen molar-refractivity contribution in [3.8, 4) is 11.5 Å². The van der Waals surface area contributed by atoms with E-state index in [0.29, 0.717) is 17.1 Å². The number of hydrogen-bond acceptors (Lipinski definition) is 3. The number of carbonyl (C=O) groups is 1. The molecule has 0 spiro atoms. The van der Waals surface area contributed by atoms with Gasteiger partial charge in [-0.2, -0.15) is 0 Å². The summed E-state index contributed by atoms with van der Waals surface area (Å²) in [4.78, 5) is 10.9. The third-order valence-electron chi connectivity index (χ3n) is 2.03. The van der Waals surface area contributed by atoms with Gasteiger partial charge in [0.15, 0.2) is 0 Å². The molecule has 0 heterocycles. The van der Waals surface area contributed by atoms with Gasteiger partial charge in [0.25, 0.3) is 0 Å². The standard InChI is InChI=1S/C11H11BrO4/c1-6(11(13)14)10-8(15-2)4-7(12)5-9(10)16-3/h4-5H,1H2,2-3H3,(H,13,14). The van der Waals surface area contributed by atoms with Crippen LogP contribution in [0.25, 0.3) is 5.57 Å². The van der Waals surface area contributed by atoms with Crippen LogP contribution < -0.4 is 9.47 Å². The molecule has 0 fully saturated rings. The summed E-state index contributed by atoms with van der Waals surface area (Å²) in [5, 5.41) is 8.92. The number of ether oxygens (including phenoxy) is 2. The van der Waals surface area contributed by atoms with Gasteiger partial charge >= 0.3 is 5.97 Å². The van der Waals surface area contributed by atoms with Crippen molar-refractivity contribution in [2.45, 2.75) is 0 Å². The van der Waals surface area contributed by atoms with Crippen LogP contribution in [0.1, 0.15) is 5.56 Å². The lowest BCUT2D eigenvalue weighted by Gasteiger charge is -2.13. The van der Waals surface area contributed by atoms with Crippen LogP contribution in [0, 0.1) is 0 Å². The first kappa shape index (κ1) is 12.6. The van der Waals surface area contributed by atoms with Crippen LogP contribution in [-0.4, -0.2) is 25.3 Å². The highest BCUT2D eigenvalue weighted by atomic mass is 79.9. The SMILES string of the molecule is C=C(C(=O)O)c1c(OC)cc(Br)cc1OC. The van der Waals surface area contributed by atoms with Crippen LogP contribution in [0.15, 0.2) is 23.2 Å². The highest BCUT2D eigenvalue weighted by molar-refractivity contribution is 9.10. The molecule has 0 unspecified atom stereocenters. The average Bonchev–Trinajstić information content (AvgIpc) is 2.26. The minimum atomic E-state index is -1.11. The van der Waals surface area contributed by atoms with Gasteiger partial charge < -0.3 is 14.6 Å². The number of rotatable bonds is 4. The van der Waals surface area contributed by atoms with E-state index < -0.39 is 5.97 Å². The molecule has 0 bridgehead atoms. The Morgan fingerprint density at radius 2 is 1.75 bits per heavy atom. The van der Waals surface area contributed by atoms with E-state index in [1.165, 1.54) is 14.2 Å². The van der Waals surface area contributed by atoms with Gasteiger partial charge in [-0.1, -0.05) is 22.5 Å². The van der Waals surface area contributed by atoms with E-state index in [-0.39, 0.29) is 5.57 Å². The third-order valence-corrected chi connectivity index (χ3v) is 2.49. The summed E-state index contributed by atoms with van der Waals surface area (Å²) in [7, 11) is 2.92. The monoisotopic (exact) mass is 286 g/mol. The lowest BCUT2D eigenvalue weighted by Crippen LogP contribution is -2.03. The first-order valence-corrected chi connectivity index (χ1v) is 5.14. The van der Waals surface area contributed by atoms with Gasteiger partial charge in [0.05, 0.1) is 25.4 Å². The lowest BCUT2D eigenvalue weighted by atomic mass is 10.1. The van der Waals surface area contributed by atoms with Crippen LogP contribution in [0.4, 0.5) is 0 Å². The largest absolute Gasteiger partial charge is 0.496 e. The second kappa shape index (κ2) is 5.03. The normalized spacial score (nSPS) is 9.69. The maximum Gasteiger partial charge on any atom is 0.335 e. The van der Waals surface area contributed by atoms with Gasteiger partial charge in [0, 0.05) is 4.47 Å². The van der Waals surface area contributed by atoms with Crippen LogP contribution >= 0.6 is 15.9 Å². The molecule has 1 rings (SSSR count). The Hall–Kier alpha value is -1.49. The molecule has 4 nitrogen and oxygen atoms in total. The molecular weight excluding hydrogens is 276 g/mol. The molecule has 0 radical (unpaired) electrons. The zero-order valence-electron chi connectivity index (χ0n) is 8.91. The maximum atomic E-state index is 10.9. The molecule has 5 heteroatoms. The number of benzene rings is 1. The average molecular weight is 287 g/mol. The number of hydrogen-bond donors (Lipinski definition) is 1. The fourth-order valence-corrected chi connectivity index (χ4v) is 1.70. The van der Waals surface area contributed by atoms with Crippen molar-refractivity contribution in [2.75, 3.05) is 14.2 Å². The van der Waals surface area contributed by atoms with Gasteiger partial charge in [0.1, 0.15) is 11.5 Å². The quantitative estimate of drug-likeness (QED) is 0.865. The highest BCUT2D eigenvalue weighted by Crippen LogP contribution is 2.37. The van der Waals surface area contributed by atoms with Gasteiger partial charge in [-0.05, 0) is 12.1 Å². The molecule has 1 aromatic rings. The molecule has 0 amide bonds. The summed E-state index contributed by atoms with van der Waals surface area (Å²) in [6.45, 7) is 3.50. The fraction of sp³-hybridized carbons (Fsp3) is 0.182. The number of halogens is 1. The van der Waals surface area contributed by atoms with Crippen LogP contribution in [0.5, 0.6) is 11.5 Å². The van der Waals surface area contributed by atoms with Crippen molar-refractivity contribution < 1.29 is 19.4 Å². The smallest absolute Gasteiger partial charge is 0.335 e. The van der Waals surface area contributed by atoms with Gasteiger partial charge in [-0.3, -0.25) is 0 Å². The van der Waals surface area contributed by atoms with Gasteiger partial charge in [-0.25, -0.2) is 4.79 Å². The van der Waals surface area contributed by atoms with E-state index in [2.05, 4.69) is 22.5 Å². The van der Waals surface area contributed by atoms with E-state index in [9.17, 15) is 4.79 Å². The first-order chi connectivity index (χ1) is 7.51. The molecule has 86 valence electrons. The van der Waals surface area contributed by atoms with Crippen molar-refractivity contribution in [3.63, 3.8) is 0 Å². The van der Waals surface area contributed by atoms with Crippen molar-refractivity contribution >= 4 is 27.5 Å². The molecule has 1 aromatic carbocycles. The van der Waals surface area contributed by atoms with E-state index in [1.807, 2.05) is 0 Å². The van der Waals surface area contributed by atoms with E-state index in [4.69, 9.17) is 14.6 Å². The number of aliphatic carboxylic acids is 1. The molecule has 0 aromatic heterocycles. The topological polar surface area (TPSA) is 55.8 Å². The Balaban J connectivity index is 3.44. The molecule has 0 saturated heterocycles. The Kier molecular flexibility index (Phi) is 3.95. The predicted molar refractivity (Wildman–Crippen MR) is 63.9 cm³/mol. The molecule has 0 aliphatic carbocycles. The van der Waals surface area contributed by atoms with E-state index in [0.717, 1.165) is 4.47 Å². The molecule has 0 saturated carbocycles. The van der Waals surface area contributed by atoms with Crippen molar-refractivity contribution in [1.29, 1.82) is 0 Å². The summed E-state index contributed by atoms with van der Waals surface area (Å²) >= 11 is 3.28. The van der Waals surface area contributed by atoms with Crippen LogP contribution in [0.2, 0.25) is 0 Å². The Morgan fingerprint density at radius 1 is 1.31 bits per heavy atom. The lowest BCUT2D eigenvalue weighted by molar-refractivity contribution is -0.130. The Labute approximate surface area is 102 Å². The third kappa shape index (κ3) is 2.36. The summed E-state index contributed by atoms with van der Waals surface area (Å²) in [5.41, 5.74) is 0.280. The summed E-state index contributed by atoms with van der Waals surface area (Å²) in [6, 6.07) is 3.32. The highest BCUT2D eigenvalue weighted by Gasteiger charge is 2.19. The van der Waals surface area contributed by atoms with Crippen molar-refractivity contribution in [3.05, 3.63) is 28.7 Å². The van der Waals surface area contributed by atoms with Gasteiger partial charge in [0.2, 0.25) is 0 Å². The predicted octanol–water partition coefficient (Wildman–Crippen LogP) is 2.56. The molecule has 16 heavy (non-hydrogen) atoms. The van der Waals surface area contributed by atoms with Crippen LogP contribution in [-0.2, 0) is 4.79 Å². The van der Waals surface area contributed by atoms with Crippen molar-refractivity contribution in [2.24, 2.45) is 0 Å². The maximum absolute atomic E-state index is 10.9. The number of carboxylic acids is 1. The number of methoxy groups -OCH3 is 2. The second-order valence-corrected chi connectivity index (χ2v) is 3.88. The van der Waals surface area contributed by atoms with Crippen molar-refractivity contribution in [1.82, 2.24) is 0 Å². The molecule has 0 atom stereocenters. The summed E-state index contributed by atoms with van der Waals surface area (Å²) < 4.78 is 11.0. The molecule has 0 aliphatic rings. The fourth-order valence-electron chi connectivity index (χ4n) is 1.28. The molecule has 1 N–H and O–H groups in total. The summed E-state index contributed by atoms with van der Waals surface area (Å²) in [5.74, 6) is -0.309. The minimum Gasteiger partial charge on any atom is -0.496 e. The summed E-state index contributed by atoms with van der Waals surface area (Å²) in [6.07, 6.45) is 0. The van der Waals surface area contributed by atoms with E-state index in [1.54, 1.807) is 12.1 Å².